The van der Waals surface area contributed by atoms with Gasteiger partial charge in [-0.25, -0.2) is 4.39 Å². The fourth-order valence-corrected chi connectivity index (χ4v) is 1.64. The van der Waals surface area contributed by atoms with Crippen LogP contribution in [0.5, 0.6) is 0 Å². The van der Waals surface area contributed by atoms with E-state index in [4.69, 9.17) is 5.73 Å². The number of benzene rings is 1. The first-order valence-corrected chi connectivity index (χ1v) is 5.02. The van der Waals surface area contributed by atoms with E-state index >= 15 is 0 Å². The standard InChI is InChI=1S/C12H16FNO2/c1-9-4-3-5-10(6-9)12(7-13,8-14)11(15)16-2/h3-6H,7-8,14H2,1-2H3. The van der Waals surface area contributed by atoms with E-state index in [1.807, 2.05) is 13.0 Å². The number of rotatable bonds is 4. The van der Waals surface area contributed by atoms with Crippen molar-refractivity contribution >= 4 is 5.97 Å². The molecular formula is C12H16FNO2. The average molecular weight is 225 g/mol. The van der Waals surface area contributed by atoms with Crippen molar-refractivity contribution in [1.29, 1.82) is 0 Å². The molecule has 0 radical (unpaired) electrons. The first-order valence-electron chi connectivity index (χ1n) is 5.02. The number of methoxy groups -OCH3 is 1. The predicted molar refractivity (Wildman–Crippen MR) is 59.9 cm³/mol. The number of aryl methyl sites for hydroxylation is 1. The maximum atomic E-state index is 13.2. The number of halogens is 1. The Balaban J connectivity index is 3.25. The summed E-state index contributed by atoms with van der Waals surface area (Å²) in [7, 11) is 1.23. The number of alkyl halides is 1. The van der Waals surface area contributed by atoms with Crippen molar-refractivity contribution in [2.75, 3.05) is 20.3 Å². The Morgan fingerprint density at radius 1 is 1.56 bits per heavy atom. The van der Waals surface area contributed by atoms with Crippen molar-refractivity contribution in [1.82, 2.24) is 0 Å². The smallest absolute Gasteiger partial charge is 0.320 e. The molecule has 0 amide bonds. The SMILES string of the molecule is COC(=O)C(CN)(CF)c1cccc(C)c1. The van der Waals surface area contributed by atoms with E-state index in [-0.39, 0.29) is 6.54 Å². The highest BCUT2D eigenvalue weighted by molar-refractivity contribution is 5.83. The molecule has 1 atom stereocenters. The Hall–Kier alpha value is -1.42. The maximum Gasteiger partial charge on any atom is 0.320 e. The van der Waals surface area contributed by atoms with Crippen molar-refractivity contribution in [3.63, 3.8) is 0 Å². The van der Waals surface area contributed by atoms with Gasteiger partial charge in [0.25, 0.3) is 0 Å². The highest BCUT2D eigenvalue weighted by Crippen LogP contribution is 2.26. The summed E-state index contributed by atoms with van der Waals surface area (Å²) >= 11 is 0. The lowest BCUT2D eigenvalue weighted by Gasteiger charge is -2.27. The summed E-state index contributed by atoms with van der Waals surface area (Å²) in [5.41, 5.74) is 5.67. The van der Waals surface area contributed by atoms with Gasteiger partial charge in [0.15, 0.2) is 0 Å². The summed E-state index contributed by atoms with van der Waals surface area (Å²) in [6.45, 7) is 0.902. The van der Waals surface area contributed by atoms with Crippen molar-refractivity contribution in [3.05, 3.63) is 35.4 Å². The van der Waals surface area contributed by atoms with Crippen LogP contribution in [0.15, 0.2) is 24.3 Å². The number of nitrogens with two attached hydrogens (primary N) is 1. The zero-order chi connectivity index (χ0) is 12.2. The van der Waals surface area contributed by atoms with Crippen LogP contribution in [0.2, 0.25) is 0 Å². The molecule has 0 aromatic heterocycles. The van der Waals surface area contributed by atoms with Gasteiger partial charge >= 0.3 is 5.97 Å². The fraction of sp³-hybridized carbons (Fsp3) is 0.417. The number of hydrogen-bond donors (Lipinski definition) is 1. The lowest BCUT2D eigenvalue weighted by atomic mass is 9.81. The Morgan fingerprint density at radius 2 is 2.25 bits per heavy atom. The van der Waals surface area contributed by atoms with Crippen LogP contribution >= 0.6 is 0 Å². The lowest BCUT2D eigenvalue weighted by Crippen LogP contribution is -2.45. The van der Waals surface area contributed by atoms with Crippen LogP contribution in [0.1, 0.15) is 11.1 Å². The number of carbonyl (C=O) groups excluding carboxylic acids is 1. The summed E-state index contributed by atoms with van der Waals surface area (Å²) in [5.74, 6) is -0.636. The largest absolute Gasteiger partial charge is 0.468 e. The molecule has 1 rings (SSSR count). The number of hydrogen-bond acceptors (Lipinski definition) is 3. The van der Waals surface area contributed by atoms with E-state index in [0.29, 0.717) is 5.56 Å². The highest BCUT2D eigenvalue weighted by Gasteiger charge is 2.40. The van der Waals surface area contributed by atoms with E-state index in [1.165, 1.54) is 7.11 Å². The molecule has 2 N–H and O–H groups in total. The monoisotopic (exact) mass is 225 g/mol. The van der Waals surface area contributed by atoms with Crippen molar-refractivity contribution in [2.24, 2.45) is 5.73 Å². The van der Waals surface area contributed by atoms with Crippen LogP contribution in [0.4, 0.5) is 4.39 Å². The van der Waals surface area contributed by atoms with Crippen molar-refractivity contribution in [2.45, 2.75) is 12.3 Å². The van der Waals surface area contributed by atoms with Crippen LogP contribution < -0.4 is 5.73 Å². The minimum atomic E-state index is -1.37. The number of ether oxygens (including phenoxy) is 1. The van der Waals surface area contributed by atoms with Crippen LogP contribution in [0, 0.1) is 6.92 Å². The first-order chi connectivity index (χ1) is 7.60. The average Bonchev–Trinajstić information content (AvgIpc) is 2.31. The molecular weight excluding hydrogens is 209 g/mol. The van der Waals surface area contributed by atoms with Gasteiger partial charge < -0.3 is 10.5 Å². The number of carbonyl (C=O) groups is 1. The highest BCUT2D eigenvalue weighted by atomic mass is 19.1. The van der Waals surface area contributed by atoms with Gasteiger partial charge in [0, 0.05) is 6.54 Å². The molecule has 0 saturated heterocycles. The van der Waals surface area contributed by atoms with Gasteiger partial charge in [0.2, 0.25) is 0 Å². The molecule has 16 heavy (non-hydrogen) atoms. The van der Waals surface area contributed by atoms with Gasteiger partial charge in [0.1, 0.15) is 12.1 Å². The Labute approximate surface area is 94.4 Å². The van der Waals surface area contributed by atoms with Crippen LogP contribution in [0.25, 0.3) is 0 Å². The molecule has 0 fully saturated rings. The Morgan fingerprint density at radius 3 is 2.69 bits per heavy atom. The molecule has 0 aliphatic carbocycles. The molecule has 0 bridgehead atoms. The molecule has 1 aromatic rings. The molecule has 4 heteroatoms. The molecule has 3 nitrogen and oxygen atoms in total. The minimum absolute atomic E-state index is 0.111. The van der Waals surface area contributed by atoms with Gasteiger partial charge in [-0.15, -0.1) is 0 Å². The summed E-state index contributed by atoms with van der Waals surface area (Å²) in [5, 5.41) is 0. The molecule has 0 aliphatic rings. The fourth-order valence-electron chi connectivity index (χ4n) is 1.64. The maximum absolute atomic E-state index is 13.2. The quantitative estimate of drug-likeness (QED) is 0.786. The van der Waals surface area contributed by atoms with E-state index in [2.05, 4.69) is 4.74 Å². The van der Waals surface area contributed by atoms with Crippen LogP contribution in [-0.4, -0.2) is 26.3 Å². The molecule has 0 spiro atoms. The van der Waals surface area contributed by atoms with Crippen LogP contribution in [-0.2, 0) is 14.9 Å². The summed E-state index contributed by atoms with van der Waals surface area (Å²) in [6.07, 6.45) is 0. The van der Waals surface area contributed by atoms with Gasteiger partial charge in [-0.05, 0) is 12.5 Å². The Bertz CT molecular complexity index is 375. The third-order valence-corrected chi connectivity index (χ3v) is 2.72. The first kappa shape index (κ1) is 12.6. The predicted octanol–water partition coefficient (Wildman–Crippen LogP) is 1.33. The molecule has 1 aromatic carbocycles. The second kappa shape index (κ2) is 5.07. The lowest BCUT2D eigenvalue weighted by molar-refractivity contribution is -0.147. The third-order valence-electron chi connectivity index (χ3n) is 2.72. The third kappa shape index (κ3) is 2.07. The van der Waals surface area contributed by atoms with Gasteiger partial charge in [-0.3, -0.25) is 4.79 Å². The summed E-state index contributed by atoms with van der Waals surface area (Å²) < 4.78 is 17.8. The second-order valence-corrected chi connectivity index (χ2v) is 3.78. The van der Waals surface area contributed by atoms with Gasteiger partial charge in [-0.2, -0.15) is 0 Å². The molecule has 0 aliphatic heterocycles. The van der Waals surface area contributed by atoms with E-state index in [0.717, 1.165) is 5.56 Å². The molecule has 0 heterocycles. The van der Waals surface area contributed by atoms with E-state index < -0.39 is 18.1 Å². The molecule has 88 valence electrons. The van der Waals surface area contributed by atoms with E-state index in [1.54, 1.807) is 18.2 Å². The zero-order valence-corrected chi connectivity index (χ0v) is 9.50. The van der Waals surface area contributed by atoms with Crippen molar-refractivity contribution in [3.8, 4) is 0 Å². The summed E-state index contributed by atoms with van der Waals surface area (Å²) in [6, 6.07) is 7.09. The Kier molecular flexibility index (Phi) is 4.01. The zero-order valence-electron chi connectivity index (χ0n) is 9.50. The van der Waals surface area contributed by atoms with Gasteiger partial charge in [0.05, 0.1) is 7.11 Å². The number of esters is 1. The normalized spacial score (nSPS) is 14.2. The van der Waals surface area contributed by atoms with E-state index in [9.17, 15) is 9.18 Å². The van der Waals surface area contributed by atoms with Crippen LogP contribution in [0.3, 0.4) is 0 Å². The molecule has 0 saturated carbocycles. The molecule has 1 unspecified atom stereocenters. The second-order valence-electron chi connectivity index (χ2n) is 3.78. The summed E-state index contributed by atoms with van der Waals surface area (Å²) in [4.78, 5) is 11.7. The van der Waals surface area contributed by atoms with Gasteiger partial charge in [-0.1, -0.05) is 29.8 Å². The van der Waals surface area contributed by atoms with Crippen molar-refractivity contribution < 1.29 is 13.9 Å². The minimum Gasteiger partial charge on any atom is -0.468 e. The topological polar surface area (TPSA) is 52.3 Å².